The summed E-state index contributed by atoms with van der Waals surface area (Å²) in [6.07, 6.45) is 0.348. The summed E-state index contributed by atoms with van der Waals surface area (Å²) in [5, 5.41) is 23.0. The van der Waals surface area contributed by atoms with E-state index in [9.17, 15) is 15.0 Å². The third-order valence-electron chi connectivity index (χ3n) is 5.30. The van der Waals surface area contributed by atoms with Crippen LogP contribution >= 0.6 is 11.8 Å². The third kappa shape index (κ3) is 7.72. The summed E-state index contributed by atoms with van der Waals surface area (Å²) in [4.78, 5) is 12.3. The second-order valence-electron chi connectivity index (χ2n) is 7.64. The zero-order chi connectivity index (χ0) is 23.5. The number of benzene rings is 3. The topological polar surface area (TPSA) is 78.8 Å². The molecule has 6 heteroatoms. The molecule has 1 atom stereocenters. The molecule has 0 radical (unpaired) electrons. The number of hydrogen-bond donors (Lipinski definition) is 3. The fourth-order valence-electron chi connectivity index (χ4n) is 3.48. The van der Waals surface area contributed by atoms with E-state index < -0.39 is 12.1 Å². The normalized spacial score (nSPS) is 11.9. The summed E-state index contributed by atoms with van der Waals surface area (Å²) in [6, 6.07) is 23.5. The number of carboxylic acids is 1. The summed E-state index contributed by atoms with van der Waals surface area (Å²) >= 11 is 1.51. The summed E-state index contributed by atoms with van der Waals surface area (Å²) < 4.78 is 5.37. The number of aliphatic hydroxyl groups excluding tert-OH is 1. The van der Waals surface area contributed by atoms with Gasteiger partial charge >= 0.3 is 5.97 Å². The molecular formula is C27H31NO4S. The SMILES string of the molecule is CCOCCSc1cc(-c2ccc(CCNC[C@H](O)c3ccccc3)cc2)ccc1C(=O)O. The average molecular weight is 466 g/mol. The summed E-state index contributed by atoms with van der Waals surface area (Å²) in [7, 11) is 0. The highest BCUT2D eigenvalue weighted by Crippen LogP contribution is 2.29. The molecule has 0 fully saturated rings. The van der Waals surface area contributed by atoms with Crippen molar-refractivity contribution in [2.24, 2.45) is 0 Å². The predicted octanol–water partition coefficient (Wildman–Crippen LogP) is 5.05. The van der Waals surface area contributed by atoms with E-state index in [1.165, 1.54) is 17.3 Å². The number of ether oxygens (including phenoxy) is 1. The molecule has 0 bridgehead atoms. The Morgan fingerprint density at radius 1 is 1.03 bits per heavy atom. The molecule has 0 heterocycles. The molecule has 0 unspecified atom stereocenters. The fourth-order valence-corrected chi connectivity index (χ4v) is 4.42. The monoisotopic (exact) mass is 465 g/mol. The molecule has 0 aromatic heterocycles. The first kappa shape index (κ1) is 25.0. The quantitative estimate of drug-likeness (QED) is 0.242. The van der Waals surface area contributed by atoms with Crippen molar-refractivity contribution < 1.29 is 19.7 Å². The van der Waals surface area contributed by atoms with Gasteiger partial charge in [0.15, 0.2) is 0 Å². The number of carboxylic acid groups (broad SMARTS) is 1. The minimum absolute atomic E-state index is 0.320. The summed E-state index contributed by atoms with van der Waals surface area (Å²) in [5.41, 5.74) is 4.48. The van der Waals surface area contributed by atoms with E-state index in [-0.39, 0.29) is 0 Å². The second kappa shape index (κ2) is 13.2. The smallest absolute Gasteiger partial charge is 0.336 e. The van der Waals surface area contributed by atoms with E-state index in [1.807, 2.05) is 49.4 Å². The van der Waals surface area contributed by atoms with Crippen molar-refractivity contribution in [3.8, 4) is 11.1 Å². The van der Waals surface area contributed by atoms with E-state index in [4.69, 9.17) is 4.74 Å². The number of rotatable bonds is 13. The van der Waals surface area contributed by atoms with Gasteiger partial charge in [-0.1, -0.05) is 60.7 Å². The Morgan fingerprint density at radius 2 is 1.76 bits per heavy atom. The highest BCUT2D eigenvalue weighted by molar-refractivity contribution is 7.99. The van der Waals surface area contributed by atoms with Crippen LogP contribution in [0.4, 0.5) is 0 Å². The lowest BCUT2D eigenvalue weighted by molar-refractivity contribution is 0.0693. The molecule has 33 heavy (non-hydrogen) atoms. The Kier molecular flexibility index (Phi) is 9.97. The highest BCUT2D eigenvalue weighted by Gasteiger charge is 2.12. The number of carbonyl (C=O) groups is 1. The molecule has 3 aromatic carbocycles. The van der Waals surface area contributed by atoms with Gasteiger partial charge in [-0.25, -0.2) is 4.79 Å². The first-order chi connectivity index (χ1) is 16.1. The van der Waals surface area contributed by atoms with Crippen LogP contribution in [0.25, 0.3) is 11.1 Å². The van der Waals surface area contributed by atoms with Gasteiger partial charge in [0.1, 0.15) is 0 Å². The molecule has 0 aliphatic rings. The van der Waals surface area contributed by atoms with E-state index in [1.54, 1.807) is 6.07 Å². The van der Waals surface area contributed by atoms with E-state index in [2.05, 4.69) is 29.6 Å². The Labute approximate surface area is 199 Å². The van der Waals surface area contributed by atoms with E-state index in [0.29, 0.717) is 31.1 Å². The zero-order valence-corrected chi connectivity index (χ0v) is 19.7. The van der Waals surface area contributed by atoms with Crippen LogP contribution in [0.15, 0.2) is 77.7 Å². The minimum Gasteiger partial charge on any atom is -0.478 e. The number of thioether (sulfide) groups is 1. The fraction of sp³-hybridized carbons (Fsp3) is 0.296. The van der Waals surface area contributed by atoms with Gasteiger partial charge in [0.05, 0.1) is 18.3 Å². The molecule has 174 valence electrons. The van der Waals surface area contributed by atoms with Crippen molar-refractivity contribution in [1.82, 2.24) is 5.32 Å². The van der Waals surface area contributed by atoms with Crippen molar-refractivity contribution in [2.75, 3.05) is 32.1 Å². The first-order valence-electron chi connectivity index (χ1n) is 11.2. The maximum atomic E-state index is 11.6. The number of aromatic carboxylic acids is 1. The lowest BCUT2D eigenvalue weighted by Gasteiger charge is -2.12. The van der Waals surface area contributed by atoms with Crippen LogP contribution in [0.3, 0.4) is 0 Å². The van der Waals surface area contributed by atoms with Gasteiger partial charge < -0.3 is 20.3 Å². The summed E-state index contributed by atoms with van der Waals surface area (Å²) in [6.45, 7) is 4.48. The molecular weight excluding hydrogens is 434 g/mol. The molecule has 5 nitrogen and oxygen atoms in total. The lowest BCUT2D eigenvalue weighted by Crippen LogP contribution is -2.23. The first-order valence-corrected chi connectivity index (χ1v) is 12.2. The maximum absolute atomic E-state index is 11.6. The molecule has 0 aliphatic heterocycles. The van der Waals surface area contributed by atoms with Crippen molar-refractivity contribution in [3.63, 3.8) is 0 Å². The second-order valence-corrected chi connectivity index (χ2v) is 8.78. The molecule has 0 saturated carbocycles. The molecule has 0 saturated heterocycles. The Balaban J connectivity index is 1.55. The molecule has 3 N–H and O–H groups in total. The van der Waals surface area contributed by atoms with Crippen LogP contribution in [0.5, 0.6) is 0 Å². The average Bonchev–Trinajstić information content (AvgIpc) is 2.85. The van der Waals surface area contributed by atoms with E-state index >= 15 is 0 Å². The Bertz CT molecular complexity index is 1010. The van der Waals surface area contributed by atoms with Crippen molar-refractivity contribution in [1.29, 1.82) is 0 Å². The standard InChI is InChI=1S/C27H31NO4S/c1-2-32-16-17-33-26-18-23(12-13-24(26)27(30)31)21-10-8-20(9-11-21)14-15-28-19-25(29)22-6-4-3-5-7-22/h3-13,18,25,28-29H,2,14-17,19H2,1H3,(H,30,31)/t25-/m0/s1. The minimum atomic E-state index is -0.916. The zero-order valence-electron chi connectivity index (χ0n) is 18.9. The van der Waals surface area contributed by atoms with Gasteiger partial charge in [0.25, 0.3) is 0 Å². The van der Waals surface area contributed by atoms with Crippen molar-refractivity contribution >= 4 is 17.7 Å². The van der Waals surface area contributed by atoms with Gasteiger partial charge in [0, 0.05) is 23.8 Å². The lowest BCUT2D eigenvalue weighted by atomic mass is 10.0. The number of hydrogen-bond acceptors (Lipinski definition) is 5. The number of aliphatic hydroxyl groups is 1. The Morgan fingerprint density at radius 3 is 2.45 bits per heavy atom. The molecule has 3 aromatic rings. The van der Waals surface area contributed by atoms with Crippen LogP contribution in [0.1, 0.15) is 34.5 Å². The highest BCUT2D eigenvalue weighted by atomic mass is 32.2. The van der Waals surface area contributed by atoms with Gasteiger partial charge in [-0.3, -0.25) is 0 Å². The van der Waals surface area contributed by atoms with Gasteiger partial charge in [-0.15, -0.1) is 11.8 Å². The van der Waals surface area contributed by atoms with Crippen LogP contribution in [-0.2, 0) is 11.2 Å². The van der Waals surface area contributed by atoms with Gasteiger partial charge in [0.2, 0.25) is 0 Å². The van der Waals surface area contributed by atoms with Crippen LogP contribution in [-0.4, -0.2) is 48.2 Å². The largest absolute Gasteiger partial charge is 0.478 e. The van der Waals surface area contributed by atoms with Gasteiger partial charge in [-0.2, -0.15) is 0 Å². The maximum Gasteiger partial charge on any atom is 0.336 e. The number of nitrogens with one attached hydrogen (secondary N) is 1. The molecule has 3 rings (SSSR count). The van der Waals surface area contributed by atoms with Crippen LogP contribution < -0.4 is 5.32 Å². The third-order valence-corrected chi connectivity index (χ3v) is 6.32. The predicted molar refractivity (Wildman–Crippen MR) is 134 cm³/mol. The summed E-state index contributed by atoms with van der Waals surface area (Å²) in [5.74, 6) is -0.205. The van der Waals surface area contributed by atoms with Crippen LogP contribution in [0, 0.1) is 0 Å². The van der Waals surface area contributed by atoms with Crippen molar-refractivity contribution in [2.45, 2.75) is 24.3 Å². The van der Waals surface area contributed by atoms with Gasteiger partial charge in [-0.05, 0) is 54.3 Å². The van der Waals surface area contributed by atoms with E-state index in [0.717, 1.165) is 34.6 Å². The Hall–Kier alpha value is -2.64. The molecule has 0 amide bonds. The van der Waals surface area contributed by atoms with Crippen LogP contribution in [0.2, 0.25) is 0 Å². The van der Waals surface area contributed by atoms with Crippen molar-refractivity contribution in [3.05, 3.63) is 89.5 Å². The molecule has 0 aliphatic carbocycles. The molecule has 0 spiro atoms.